The molecule has 0 rings (SSSR count). The summed E-state index contributed by atoms with van der Waals surface area (Å²) in [5.74, 6) is -0.896. The Kier molecular flexibility index (Phi) is 33.3. The van der Waals surface area contributed by atoms with Gasteiger partial charge in [0.1, 0.15) is 6.61 Å². The Hall–Kier alpha value is -1.47. The molecule has 0 aromatic heterocycles. The van der Waals surface area contributed by atoms with Crippen molar-refractivity contribution in [2.24, 2.45) is 0 Å². The molecule has 0 amide bonds. The van der Waals surface area contributed by atoms with Crippen molar-refractivity contribution in [3.63, 3.8) is 0 Å². The molecule has 47 heavy (non-hydrogen) atoms. The van der Waals surface area contributed by atoms with Gasteiger partial charge in [-0.05, 0) is 38.5 Å². The van der Waals surface area contributed by atoms with E-state index in [9.17, 15) is 14.2 Å². The molecule has 0 aliphatic rings. The number of phosphoric acid groups is 1. The Morgan fingerprint density at radius 2 is 1.00 bits per heavy atom. The molecule has 0 spiro atoms. The number of phosphoric ester groups is 1. The van der Waals surface area contributed by atoms with Crippen molar-refractivity contribution in [2.75, 3.05) is 13.2 Å². The van der Waals surface area contributed by atoms with E-state index in [-0.39, 0.29) is 19.4 Å². The zero-order chi connectivity index (χ0) is 34.7. The number of rotatable bonds is 35. The van der Waals surface area contributed by atoms with Gasteiger partial charge in [0.05, 0.1) is 6.61 Å². The van der Waals surface area contributed by atoms with Crippen molar-refractivity contribution < 1.29 is 37.9 Å². The maximum absolute atomic E-state index is 12.3. The predicted octanol–water partition coefficient (Wildman–Crippen LogP) is 11.2. The van der Waals surface area contributed by atoms with Crippen LogP contribution in [0.15, 0.2) is 24.3 Å². The summed E-state index contributed by atoms with van der Waals surface area (Å²) in [6, 6.07) is 0. The van der Waals surface area contributed by atoms with Crippen molar-refractivity contribution in [2.45, 2.75) is 193 Å². The molecule has 0 aromatic carbocycles. The van der Waals surface area contributed by atoms with E-state index in [1.54, 1.807) is 0 Å². The summed E-state index contributed by atoms with van der Waals surface area (Å²) in [7, 11) is -4.75. The standard InChI is InChI=1S/C38H71O8P/c1-3-5-7-9-11-13-15-17-18-19-21-22-24-26-28-30-32-37(39)44-34-36(35-45-47(41,42)43)46-38(40)33-31-29-27-25-23-20-16-14-12-10-8-6-4-2/h8,10,14,16,36H,3-7,9,11-13,15,17-35H2,1-2H3,(H2,41,42,43)/b10-8-,16-14-. The number of ether oxygens (including phenoxy) is 2. The first kappa shape index (κ1) is 45.5. The van der Waals surface area contributed by atoms with Crippen LogP contribution in [-0.4, -0.2) is 41.0 Å². The maximum Gasteiger partial charge on any atom is 0.469 e. The fraction of sp³-hybridized carbons (Fsp3) is 0.842. The van der Waals surface area contributed by atoms with Gasteiger partial charge in [-0.1, -0.05) is 160 Å². The van der Waals surface area contributed by atoms with Gasteiger partial charge in [0.2, 0.25) is 0 Å². The summed E-state index contributed by atoms with van der Waals surface area (Å²) in [5, 5.41) is 0. The summed E-state index contributed by atoms with van der Waals surface area (Å²) in [6.07, 6.45) is 37.5. The Bertz CT molecular complexity index is 823. The van der Waals surface area contributed by atoms with Crippen LogP contribution < -0.4 is 0 Å². The summed E-state index contributed by atoms with van der Waals surface area (Å²) in [4.78, 5) is 42.7. The van der Waals surface area contributed by atoms with Gasteiger partial charge in [0.15, 0.2) is 6.10 Å². The van der Waals surface area contributed by atoms with E-state index in [0.29, 0.717) is 6.42 Å². The van der Waals surface area contributed by atoms with Crippen LogP contribution in [0.25, 0.3) is 0 Å². The average molecular weight is 687 g/mol. The van der Waals surface area contributed by atoms with Crippen LogP contribution in [0.5, 0.6) is 0 Å². The molecule has 0 fully saturated rings. The quantitative estimate of drug-likeness (QED) is 0.0292. The smallest absolute Gasteiger partial charge is 0.462 e. The Morgan fingerprint density at radius 3 is 1.49 bits per heavy atom. The largest absolute Gasteiger partial charge is 0.469 e. The minimum Gasteiger partial charge on any atom is -0.462 e. The molecule has 1 unspecified atom stereocenters. The number of carbonyl (C=O) groups excluding carboxylic acids is 2. The molecule has 0 heterocycles. The first-order valence-corrected chi connectivity index (χ1v) is 20.7. The molecule has 1 atom stereocenters. The summed E-state index contributed by atoms with van der Waals surface area (Å²) in [5.41, 5.74) is 0. The third-order valence-corrected chi connectivity index (χ3v) is 8.69. The molecular weight excluding hydrogens is 615 g/mol. The van der Waals surface area contributed by atoms with Crippen LogP contribution >= 0.6 is 7.82 Å². The minimum absolute atomic E-state index is 0.198. The third-order valence-electron chi connectivity index (χ3n) is 8.20. The van der Waals surface area contributed by atoms with E-state index < -0.39 is 32.5 Å². The highest BCUT2D eigenvalue weighted by Crippen LogP contribution is 2.36. The van der Waals surface area contributed by atoms with Gasteiger partial charge in [-0.25, -0.2) is 4.57 Å². The van der Waals surface area contributed by atoms with E-state index in [0.717, 1.165) is 64.2 Å². The van der Waals surface area contributed by atoms with Gasteiger partial charge in [0, 0.05) is 12.8 Å². The zero-order valence-electron chi connectivity index (χ0n) is 30.2. The number of hydrogen-bond acceptors (Lipinski definition) is 6. The highest BCUT2D eigenvalue weighted by atomic mass is 31.2. The first-order chi connectivity index (χ1) is 22.8. The molecular formula is C38H71O8P. The average Bonchev–Trinajstić information content (AvgIpc) is 3.03. The molecule has 0 bridgehead atoms. The molecule has 0 aliphatic heterocycles. The Balaban J connectivity index is 3.94. The van der Waals surface area contributed by atoms with Gasteiger partial charge in [-0.2, -0.15) is 0 Å². The maximum atomic E-state index is 12.3. The molecule has 276 valence electrons. The normalized spacial score (nSPS) is 12.7. The lowest BCUT2D eigenvalue weighted by atomic mass is 10.0. The topological polar surface area (TPSA) is 119 Å². The second kappa shape index (κ2) is 34.4. The van der Waals surface area contributed by atoms with Crippen molar-refractivity contribution >= 4 is 19.8 Å². The van der Waals surface area contributed by atoms with Gasteiger partial charge >= 0.3 is 19.8 Å². The molecule has 0 aromatic rings. The van der Waals surface area contributed by atoms with Crippen molar-refractivity contribution in [3.05, 3.63) is 24.3 Å². The SMILES string of the molecule is CCC/C=C\C/C=C\CCCCCCCC(=O)OC(COC(=O)CCCCCCCCCCCCCCCCCC)COP(=O)(O)O. The van der Waals surface area contributed by atoms with Crippen LogP contribution in [0.4, 0.5) is 0 Å². The monoisotopic (exact) mass is 686 g/mol. The second-order valence-electron chi connectivity index (χ2n) is 12.9. The van der Waals surface area contributed by atoms with E-state index in [1.165, 1.54) is 89.9 Å². The number of carbonyl (C=O) groups is 2. The van der Waals surface area contributed by atoms with Crippen LogP contribution in [0, 0.1) is 0 Å². The minimum atomic E-state index is -4.75. The van der Waals surface area contributed by atoms with E-state index in [4.69, 9.17) is 19.3 Å². The fourth-order valence-electron chi connectivity index (χ4n) is 5.35. The van der Waals surface area contributed by atoms with Crippen LogP contribution in [0.3, 0.4) is 0 Å². The highest BCUT2D eigenvalue weighted by Gasteiger charge is 2.22. The van der Waals surface area contributed by atoms with E-state index in [2.05, 4.69) is 42.7 Å². The Morgan fingerprint density at radius 1 is 0.553 bits per heavy atom. The molecule has 0 aliphatic carbocycles. The number of hydrogen-bond donors (Lipinski definition) is 2. The Labute approximate surface area is 288 Å². The van der Waals surface area contributed by atoms with Crippen molar-refractivity contribution in [3.8, 4) is 0 Å². The lowest BCUT2D eigenvalue weighted by Gasteiger charge is -2.18. The number of unbranched alkanes of at least 4 members (excludes halogenated alkanes) is 21. The predicted molar refractivity (Wildman–Crippen MR) is 193 cm³/mol. The number of allylic oxidation sites excluding steroid dienone is 4. The van der Waals surface area contributed by atoms with Crippen LogP contribution in [-0.2, 0) is 28.2 Å². The summed E-state index contributed by atoms with van der Waals surface area (Å²) < 4.78 is 26.3. The molecule has 2 N–H and O–H groups in total. The summed E-state index contributed by atoms with van der Waals surface area (Å²) >= 11 is 0. The van der Waals surface area contributed by atoms with Crippen molar-refractivity contribution in [1.29, 1.82) is 0 Å². The molecule has 9 heteroatoms. The third kappa shape index (κ3) is 37.2. The first-order valence-electron chi connectivity index (χ1n) is 19.1. The fourth-order valence-corrected chi connectivity index (χ4v) is 5.71. The lowest BCUT2D eigenvalue weighted by Crippen LogP contribution is -2.29. The molecule has 0 saturated carbocycles. The summed E-state index contributed by atoms with van der Waals surface area (Å²) in [6.45, 7) is 3.61. The molecule has 0 radical (unpaired) electrons. The van der Waals surface area contributed by atoms with E-state index >= 15 is 0 Å². The van der Waals surface area contributed by atoms with Gasteiger partial charge in [-0.15, -0.1) is 0 Å². The van der Waals surface area contributed by atoms with Gasteiger partial charge in [0.25, 0.3) is 0 Å². The van der Waals surface area contributed by atoms with Crippen molar-refractivity contribution in [1.82, 2.24) is 0 Å². The lowest BCUT2D eigenvalue weighted by molar-refractivity contribution is -0.161. The van der Waals surface area contributed by atoms with Crippen LogP contribution in [0.2, 0.25) is 0 Å². The zero-order valence-corrected chi connectivity index (χ0v) is 31.1. The van der Waals surface area contributed by atoms with E-state index in [1.807, 2.05) is 0 Å². The molecule has 0 saturated heterocycles. The van der Waals surface area contributed by atoms with Gasteiger partial charge < -0.3 is 19.3 Å². The van der Waals surface area contributed by atoms with Crippen LogP contribution in [0.1, 0.15) is 187 Å². The molecule has 8 nitrogen and oxygen atoms in total. The second-order valence-corrected chi connectivity index (χ2v) is 14.1. The highest BCUT2D eigenvalue weighted by molar-refractivity contribution is 7.46. The van der Waals surface area contributed by atoms with Gasteiger partial charge in [-0.3, -0.25) is 14.1 Å². The number of esters is 2.